The zero-order chi connectivity index (χ0) is 16.0. The molecule has 0 aromatic rings. The molecular weight excluding hydrogens is 296 g/mol. The van der Waals surface area contributed by atoms with Gasteiger partial charge in [0.2, 0.25) is 0 Å². The third-order valence-electron chi connectivity index (χ3n) is 3.14. The van der Waals surface area contributed by atoms with Gasteiger partial charge in [-0.3, -0.25) is 4.55 Å². The number of hydrogen-bond acceptors (Lipinski definition) is 5. The number of hydrogen-bond donors (Lipinski definition) is 1. The van der Waals surface area contributed by atoms with E-state index in [-0.39, 0.29) is 19.3 Å². The third kappa shape index (κ3) is 16.0. The van der Waals surface area contributed by atoms with Crippen molar-refractivity contribution in [2.24, 2.45) is 0 Å². The average molecular weight is 326 g/mol. The van der Waals surface area contributed by atoms with Crippen LogP contribution in [0.4, 0.5) is 0 Å². The number of unbranched alkanes of at least 4 members (excludes halogenated alkanes) is 5. The molecule has 1 atom stereocenters. The zero-order valence-electron chi connectivity index (χ0n) is 13.3. The van der Waals surface area contributed by atoms with E-state index in [9.17, 15) is 8.42 Å². The molecular formula is C14H30O6S. The van der Waals surface area contributed by atoms with Crippen LogP contribution in [0.25, 0.3) is 0 Å². The van der Waals surface area contributed by atoms with Gasteiger partial charge in [0, 0.05) is 0 Å². The van der Waals surface area contributed by atoms with Crippen LogP contribution >= 0.6 is 0 Å². The van der Waals surface area contributed by atoms with E-state index in [1.54, 1.807) is 0 Å². The standard InChI is InChI=1S/C14H30O6S/c1-3-5-6-7-8-9-11-14(10-4-2)18-12-13-19-20-21(15,16)17/h14H,3-13H2,1-2H3,(H,15,16,17). The maximum atomic E-state index is 10.2. The summed E-state index contributed by atoms with van der Waals surface area (Å²) in [5.41, 5.74) is 0. The lowest BCUT2D eigenvalue weighted by atomic mass is 10.0. The average Bonchev–Trinajstić information content (AvgIpc) is 2.40. The highest BCUT2D eigenvalue weighted by atomic mass is 32.3. The van der Waals surface area contributed by atoms with Crippen LogP contribution in [0.3, 0.4) is 0 Å². The topological polar surface area (TPSA) is 82.1 Å². The van der Waals surface area contributed by atoms with Crippen LogP contribution in [0.1, 0.15) is 71.6 Å². The molecule has 0 aliphatic carbocycles. The van der Waals surface area contributed by atoms with Gasteiger partial charge >= 0.3 is 10.4 Å². The molecule has 0 radical (unpaired) electrons. The molecule has 0 spiro atoms. The fourth-order valence-corrected chi connectivity index (χ4v) is 2.32. The van der Waals surface area contributed by atoms with E-state index < -0.39 is 10.4 Å². The van der Waals surface area contributed by atoms with Crippen LogP contribution in [0.2, 0.25) is 0 Å². The van der Waals surface area contributed by atoms with E-state index in [1.807, 2.05) is 0 Å². The van der Waals surface area contributed by atoms with Crippen molar-refractivity contribution < 1.29 is 26.9 Å². The van der Waals surface area contributed by atoms with Crippen LogP contribution in [-0.2, 0) is 24.4 Å². The van der Waals surface area contributed by atoms with Crippen LogP contribution in [-0.4, -0.2) is 32.3 Å². The number of ether oxygens (including phenoxy) is 1. The molecule has 0 saturated heterocycles. The predicted molar refractivity (Wildman–Crippen MR) is 81.2 cm³/mol. The van der Waals surface area contributed by atoms with Crippen LogP contribution in [0, 0.1) is 0 Å². The van der Waals surface area contributed by atoms with Gasteiger partial charge in [-0.1, -0.05) is 63.1 Å². The fourth-order valence-electron chi connectivity index (χ4n) is 2.13. The van der Waals surface area contributed by atoms with E-state index >= 15 is 0 Å². The summed E-state index contributed by atoms with van der Waals surface area (Å²) in [5, 5.41) is 0. The van der Waals surface area contributed by atoms with E-state index in [2.05, 4.69) is 23.1 Å². The van der Waals surface area contributed by atoms with Gasteiger partial charge in [-0.05, 0) is 12.8 Å². The van der Waals surface area contributed by atoms with Crippen molar-refractivity contribution in [3.63, 3.8) is 0 Å². The summed E-state index contributed by atoms with van der Waals surface area (Å²) < 4.78 is 38.2. The molecule has 1 N–H and O–H groups in total. The van der Waals surface area contributed by atoms with E-state index in [1.165, 1.54) is 32.1 Å². The quantitative estimate of drug-likeness (QED) is 0.214. The van der Waals surface area contributed by atoms with Crippen LogP contribution in [0.5, 0.6) is 0 Å². The lowest BCUT2D eigenvalue weighted by Crippen LogP contribution is -2.17. The van der Waals surface area contributed by atoms with Crippen molar-refractivity contribution in [2.45, 2.75) is 77.7 Å². The predicted octanol–water partition coefficient (Wildman–Crippen LogP) is 3.67. The van der Waals surface area contributed by atoms with E-state index in [0.717, 1.165) is 25.7 Å². The highest BCUT2D eigenvalue weighted by Crippen LogP contribution is 2.14. The van der Waals surface area contributed by atoms with Crippen molar-refractivity contribution >= 4 is 10.4 Å². The van der Waals surface area contributed by atoms with Gasteiger partial charge in [0.25, 0.3) is 0 Å². The van der Waals surface area contributed by atoms with Crippen molar-refractivity contribution in [3.05, 3.63) is 0 Å². The molecule has 1 unspecified atom stereocenters. The van der Waals surface area contributed by atoms with Gasteiger partial charge < -0.3 is 4.74 Å². The Morgan fingerprint density at radius 2 is 1.57 bits per heavy atom. The molecule has 0 fully saturated rings. The molecule has 0 amide bonds. The molecule has 6 nitrogen and oxygen atoms in total. The Hall–Kier alpha value is -0.210. The molecule has 0 aromatic carbocycles. The monoisotopic (exact) mass is 326 g/mol. The van der Waals surface area contributed by atoms with Crippen LogP contribution in [0.15, 0.2) is 0 Å². The third-order valence-corrected chi connectivity index (χ3v) is 3.41. The normalized spacial score (nSPS) is 13.5. The molecule has 7 heteroatoms. The minimum atomic E-state index is -4.54. The molecule has 21 heavy (non-hydrogen) atoms. The Balaban J connectivity index is 3.62. The first-order valence-electron chi connectivity index (χ1n) is 7.89. The van der Waals surface area contributed by atoms with Gasteiger partial charge in [0.1, 0.15) is 6.61 Å². The summed E-state index contributed by atoms with van der Waals surface area (Å²) >= 11 is 0. The zero-order valence-corrected chi connectivity index (χ0v) is 14.1. The second-order valence-corrected chi connectivity index (χ2v) is 6.15. The largest absolute Gasteiger partial charge is 0.424 e. The molecule has 0 bridgehead atoms. The first-order valence-corrected chi connectivity index (χ1v) is 9.26. The summed E-state index contributed by atoms with van der Waals surface area (Å²) in [4.78, 5) is 4.33. The summed E-state index contributed by atoms with van der Waals surface area (Å²) in [6, 6.07) is 0. The smallest absolute Gasteiger partial charge is 0.376 e. The molecule has 0 aliphatic heterocycles. The van der Waals surface area contributed by atoms with Crippen molar-refractivity contribution in [1.82, 2.24) is 0 Å². The Labute approximate surface area is 129 Å². The first kappa shape index (κ1) is 20.8. The Kier molecular flexibility index (Phi) is 13.3. The summed E-state index contributed by atoms with van der Waals surface area (Å²) in [7, 11) is -4.54. The van der Waals surface area contributed by atoms with Crippen molar-refractivity contribution in [1.29, 1.82) is 0 Å². The lowest BCUT2D eigenvalue weighted by molar-refractivity contribution is -0.218. The highest BCUT2D eigenvalue weighted by molar-refractivity contribution is 7.80. The molecule has 0 aliphatic rings. The Morgan fingerprint density at radius 3 is 2.19 bits per heavy atom. The summed E-state index contributed by atoms with van der Waals surface area (Å²) in [6.45, 7) is 4.53. The second-order valence-electron chi connectivity index (χ2n) is 5.16. The van der Waals surface area contributed by atoms with Crippen molar-refractivity contribution in [3.8, 4) is 0 Å². The second kappa shape index (κ2) is 13.5. The van der Waals surface area contributed by atoms with Gasteiger partial charge in [-0.2, -0.15) is 8.42 Å². The molecule has 128 valence electrons. The van der Waals surface area contributed by atoms with Gasteiger partial charge in [-0.25, -0.2) is 4.89 Å². The highest BCUT2D eigenvalue weighted by Gasteiger charge is 2.09. The number of rotatable bonds is 15. The minimum absolute atomic E-state index is 0.0312. The first-order chi connectivity index (χ1) is 9.99. The van der Waals surface area contributed by atoms with E-state index in [4.69, 9.17) is 9.29 Å². The van der Waals surface area contributed by atoms with Gasteiger partial charge in [0.05, 0.1) is 12.7 Å². The maximum Gasteiger partial charge on any atom is 0.424 e. The Morgan fingerprint density at radius 1 is 0.905 bits per heavy atom. The molecule has 0 rings (SSSR count). The summed E-state index contributed by atoms with van der Waals surface area (Å²) in [5.74, 6) is 0. The SMILES string of the molecule is CCCCCCCCC(CCC)OCCOOS(=O)(=O)O. The Bertz CT molecular complexity index is 317. The maximum absolute atomic E-state index is 10.2. The van der Waals surface area contributed by atoms with Crippen LogP contribution < -0.4 is 0 Å². The molecule has 0 saturated carbocycles. The van der Waals surface area contributed by atoms with Gasteiger partial charge in [0.15, 0.2) is 0 Å². The summed E-state index contributed by atoms with van der Waals surface area (Å²) in [6.07, 6.45) is 10.7. The van der Waals surface area contributed by atoms with E-state index in [0.29, 0.717) is 0 Å². The molecule has 0 heterocycles. The minimum Gasteiger partial charge on any atom is -0.376 e. The molecule has 0 aromatic heterocycles. The van der Waals surface area contributed by atoms with Crippen molar-refractivity contribution in [2.75, 3.05) is 13.2 Å². The fraction of sp³-hybridized carbons (Fsp3) is 1.00. The van der Waals surface area contributed by atoms with Gasteiger partial charge in [-0.15, -0.1) is 0 Å². The lowest BCUT2D eigenvalue weighted by Gasteiger charge is -2.16.